The quantitative estimate of drug-likeness (QED) is 0.783. The van der Waals surface area contributed by atoms with E-state index in [9.17, 15) is 9.59 Å². The highest BCUT2D eigenvalue weighted by atomic mass is 16.5. The fraction of sp³-hybridized carbons (Fsp3) is 0.412. The highest BCUT2D eigenvalue weighted by Crippen LogP contribution is 2.36. The number of anilines is 2. The monoisotopic (exact) mass is 343 g/mol. The van der Waals surface area contributed by atoms with E-state index in [1.54, 1.807) is 18.2 Å². The molecular formula is C17H21N5O3. The number of carbonyl (C=O) groups is 2. The van der Waals surface area contributed by atoms with Crippen LogP contribution >= 0.6 is 0 Å². The molecule has 0 unspecified atom stereocenters. The molecule has 1 fully saturated rings. The molecule has 8 heteroatoms. The zero-order valence-corrected chi connectivity index (χ0v) is 14.3. The Morgan fingerprint density at radius 2 is 1.64 bits per heavy atom. The Balaban J connectivity index is 1.96. The Morgan fingerprint density at radius 1 is 1.08 bits per heavy atom. The summed E-state index contributed by atoms with van der Waals surface area (Å²) in [5.74, 6) is 0.351. The van der Waals surface area contributed by atoms with Crippen LogP contribution in [0.25, 0.3) is 11.5 Å². The molecule has 1 aromatic heterocycles. The van der Waals surface area contributed by atoms with E-state index in [0.29, 0.717) is 28.7 Å². The zero-order valence-electron chi connectivity index (χ0n) is 14.3. The number of hydrogen-bond donors (Lipinski definition) is 3. The summed E-state index contributed by atoms with van der Waals surface area (Å²) in [6, 6.07) is 5.08. The van der Waals surface area contributed by atoms with Gasteiger partial charge in [-0.25, -0.2) is 0 Å². The number of benzene rings is 1. The minimum absolute atomic E-state index is 0.219. The van der Waals surface area contributed by atoms with Gasteiger partial charge < -0.3 is 20.9 Å². The lowest BCUT2D eigenvalue weighted by atomic mass is 9.98. The van der Waals surface area contributed by atoms with E-state index in [2.05, 4.69) is 20.8 Å². The Morgan fingerprint density at radius 3 is 2.16 bits per heavy atom. The van der Waals surface area contributed by atoms with Gasteiger partial charge in [-0.15, -0.1) is 0 Å². The fourth-order valence-electron chi connectivity index (χ4n) is 3.07. The van der Waals surface area contributed by atoms with Crippen molar-refractivity contribution in [1.82, 2.24) is 10.1 Å². The highest BCUT2D eigenvalue weighted by Gasteiger charge is 2.36. The average Bonchev–Trinajstić information content (AvgIpc) is 3.15. The first kappa shape index (κ1) is 17.1. The van der Waals surface area contributed by atoms with Crippen molar-refractivity contribution >= 4 is 23.2 Å². The third kappa shape index (κ3) is 3.85. The van der Waals surface area contributed by atoms with Crippen LogP contribution in [0.4, 0.5) is 11.4 Å². The van der Waals surface area contributed by atoms with Gasteiger partial charge in [0.15, 0.2) is 5.82 Å². The highest BCUT2D eigenvalue weighted by molar-refractivity contribution is 5.93. The number of nitrogens with two attached hydrogens (primary N) is 1. The lowest BCUT2D eigenvalue weighted by Gasteiger charge is -2.17. The molecule has 0 aliphatic heterocycles. The van der Waals surface area contributed by atoms with Gasteiger partial charge in [0.25, 0.3) is 5.89 Å². The van der Waals surface area contributed by atoms with Gasteiger partial charge in [-0.3, -0.25) is 9.59 Å². The summed E-state index contributed by atoms with van der Waals surface area (Å²) in [5.41, 5.74) is 7.46. The van der Waals surface area contributed by atoms with Crippen LogP contribution in [0.5, 0.6) is 0 Å². The molecule has 25 heavy (non-hydrogen) atoms. The predicted molar refractivity (Wildman–Crippen MR) is 92.7 cm³/mol. The number of nitrogens with zero attached hydrogens (tertiary/aromatic N) is 2. The topological polar surface area (TPSA) is 123 Å². The summed E-state index contributed by atoms with van der Waals surface area (Å²) in [5, 5.41) is 9.43. The minimum atomic E-state index is -0.544. The molecule has 132 valence electrons. The summed E-state index contributed by atoms with van der Waals surface area (Å²) >= 11 is 0. The van der Waals surface area contributed by atoms with Crippen molar-refractivity contribution < 1.29 is 14.1 Å². The second-order valence-corrected chi connectivity index (χ2v) is 6.45. The van der Waals surface area contributed by atoms with E-state index in [1.807, 2.05) is 0 Å². The second kappa shape index (κ2) is 6.64. The Bertz CT molecular complexity index is 774. The van der Waals surface area contributed by atoms with E-state index in [4.69, 9.17) is 10.3 Å². The van der Waals surface area contributed by atoms with Gasteiger partial charge in [0.05, 0.1) is 5.54 Å². The SMILES string of the molecule is CC(=O)Nc1cc(NC(C)=O)cc(-c2nc(C3(N)CCCC3)no2)c1. The number of hydrogen-bond acceptors (Lipinski definition) is 6. The number of aromatic nitrogens is 2. The molecule has 0 saturated heterocycles. The van der Waals surface area contributed by atoms with Gasteiger partial charge in [-0.2, -0.15) is 4.98 Å². The van der Waals surface area contributed by atoms with Gasteiger partial charge in [0, 0.05) is 30.8 Å². The van der Waals surface area contributed by atoms with Crippen molar-refractivity contribution in [2.45, 2.75) is 45.1 Å². The van der Waals surface area contributed by atoms with Crippen LogP contribution in [0.15, 0.2) is 22.7 Å². The molecule has 8 nitrogen and oxygen atoms in total. The van der Waals surface area contributed by atoms with Crippen LogP contribution in [-0.4, -0.2) is 22.0 Å². The minimum Gasteiger partial charge on any atom is -0.334 e. The Hall–Kier alpha value is -2.74. The zero-order chi connectivity index (χ0) is 18.0. The number of nitrogens with one attached hydrogen (secondary N) is 2. The van der Waals surface area contributed by atoms with Crippen molar-refractivity contribution in [2.24, 2.45) is 5.73 Å². The Labute approximate surface area is 145 Å². The van der Waals surface area contributed by atoms with E-state index < -0.39 is 5.54 Å². The fourth-order valence-corrected chi connectivity index (χ4v) is 3.07. The van der Waals surface area contributed by atoms with Crippen LogP contribution in [0, 0.1) is 0 Å². The van der Waals surface area contributed by atoms with Crippen molar-refractivity contribution in [3.8, 4) is 11.5 Å². The van der Waals surface area contributed by atoms with Crippen molar-refractivity contribution in [3.63, 3.8) is 0 Å². The van der Waals surface area contributed by atoms with Crippen molar-refractivity contribution in [3.05, 3.63) is 24.0 Å². The van der Waals surface area contributed by atoms with E-state index in [-0.39, 0.29) is 11.8 Å². The molecule has 0 atom stereocenters. The molecule has 0 spiro atoms. The Kier molecular flexibility index (Phi) is 4.54. The number of carbonyl (C=O) groups excluding carboxylic acids is 2. The summed E-state index contributed by atoms with van der Waals surface area (Å²) in [4.78, 5) is 27.1. The first-order valence-electron chi connectivity index (χ1n) is 8.19. The lowest BCUT2D eigenvalue weighted by molar-refractivity contribution is -0.115. The van der Waals surface area contributed by atoms with Crippen LogP contribution in [0.2, 0.25) is 0 Å². The first-order chi connectivity index (χ1) is 11.9. The van der Waals surface area contributed by atoms with Gasteiger partial charge in [-0.05, 0) is 31.0 Å². The first-order valence-corrected chi connectivity index (χ1v) is 8.19. The molecule has 0 bridgehead atoms. The summed E-state index contributed by atoms with van der Waals surface area (Å²) < 4.78 is 5.38. The molecule has 2 amide bonds. The third-order valence-corrected chi connectivity index (χ3v) is 4.19. The molecule has 1 saturated carbocycles. The molecule has 1 aliphatic carbocycles. The van der Waals surface area contributed by atoms with Gasteiger partial charge in [0.2, 0.25) is 11.8 Å². The van der Waals surface area contributed by atoms with Crippen LogP contribution in [-0.2, 0) is 15.1 Å². The normalized spacial score (nSPS) is 15.8. The lowest BCUT2D eigenvalue weighted by Crippen LogP contribution is -2.34. The standard InChI is InChI=1S/C17H21N5O3/c1-10(23)19-13-7-12(8-14(9-13)20-11(2)24)15-21-16(22-25-15)17(18)5-3-4-6-17/h7-9H,3-6,18H2,1-2H3,(H,19,23)(H,20,24). The second-order valence-electron chi connectivity index (χ2n) is 6.45. The van der Waals surface area contributed by atoms with Gasteiger partial charge >= 0.3 is 0 Å². The molecule has 0 radical (unpaired) electrons. The number of amides is 2. The molecule has 1 aliphatic rings. The van der Waals surface area contributed by atoms with Gasteiger partial charge in [0.1, 0.15) is 0 Å². The maximum atomic E-state index is 11.3. The summed E-state index contributed by atoms with van der Waals surface area (Å²) in [6.07, 6.45) is 3.75. The smallest absolute Gasteiger partial charge is 0.258 e. The molecule has 3 rings (SSSR count). The molecule has 4 N–H and O–H groups in total. The van der Waals surface area contributed by atoms with Gasteiger partial charge in [-0.1, -0.05) is 18.0 Å². The van der Waals surface area contributed by atoms with Crippen LogP contribution < -0.4 is 16.4 Å². The van der Waals surface area contributed by atoms with Crippen LogP contribution in [0.1, 0.15) is 45.4 Å². The van der Waals surface area contributed by atoms with Crippen molar-refractivity contribution in [2.75, 3.05) is 10.6 Å². The summed E-state index contributed by atoms with van der Waals surface area (Å²) in [7, 11) is 0. The maximum Gasteiger partial charge on any atom is 0.258 e. The van der Waals surface area contributed by atoms with Crippen molar-refractivity contribution in [1.29, 1.82) is 0 Å². The molecular weight excluding hydrogens is 322 g/mol. The van der Waals surface area contributed by atoms with Crippen LogP contribution in [0.3, 0.4) is 0 Å². The third-order valence-electron chi connectivity index (χ3n) is 4.19. The molecule has 1 heterocycles. The average molecular weight is 343 g/mol. The molecule has 2 aromatic rings. The van der Waals surface area contributed by atoms with E-state index in [0.717, 1.165) is 25.7 Å². The maximum absolute atomic E-state index is 11.3. The predicted octanol–water partition coefficient (Wildman–Crippen LogP) is 2.38. The van der Waals surface area contributed by atoms with E-state index in [1.165, 1.54) is 13.8 Å². The van der Waals surface area contributed by atoms with E-state index >= 15 is 0 Å². The molecule has 1 aromatic carbocycles. The number of rotatable bonds is 4. The largest absolute Gasteiger partial charge is 0.334 e. The summed E-state index contributed by atoms with van der Waals surface area (Å²) in [6.45, 7) is 2.82.